The lowest BCUT2D eigenvalue weighted by molar-refractivity contribution is -0.895. The van der Waals surface area contributed by atoms with E-state index in [-0.39, 0.29) is 17.1 Å². The number of carbonyl (C=O) groups excluding carboxylic acids is 1. The predicted octanol–water partition coefficient (Wildman–Crippen LogP) is 3.57. The van der Waals surface area contributed by atoms with Crippen LogP contribution in [0, 0.1) is 0 Å². The maximum atomic E-state index is 13.4. The highest BCUT2D eigenvalue weighted by Gasteiger charge is 2.43. The number of hydrogen-bond acceptors (Lipinski definition) is 3. The minimum absolute atomic E-state index is 0.115. The third-order valence-corrected chi connectivity index (χ3v) is 6.58. The molecule has 4 rings (SSSR count). The topological polar surface area (TPSA) is 55.0 Å². The Kier molecular flexibility index (Phi) is 5.87. The van der Waals surface area contributed by atoms with Crippen molar-refractivity contribution in [3.63, 3.8) is 0 Å². The first-order valence-electron chi connectivity index (χ1n) is 10.1. The molecule has 0 spiro atoms. The molecule has 1 aromatic heterocycles. The quantitative estimate of drug-likeness (QED) is 0.630. The first kappa shape index (κ1) is 20.9. The first-order valence-corrected chi connectivity index (χ1v) is 10.9. The van der Waals surface area contributed by atoms with Crippen LogP contribution in [0.25, 0.3) is 11.0 Å². The summed E-state index contributed by atoms with van der Waals surface area (Å²) in [6.07, 6.45) is 0. The fourth-order valence-electron chi connectivity index (χ4n) is 4.11. The molecule has 2 heterocycles. The normalized spacial score (nSPS) is 16.0. The Morgan fingerprint density at radius 3 is 2.47 bits per heavy atom. The average molecular weight is 446 g/mol. The van der Waals surface area contributed by atoms with E-state index < -0.39 is 6.04 Å². The monoisotopic (exact) mass is 445 g/mol. The molecule has 2 aromatic carbocycles. The van der Waals surface area contributed by atoms with Crippen molar-refractivity contribution in [1.29, 1.82) is 0 Å². The van der Waals surface area contributed by atoms with Gasteiger partial charge in [-0.25, -0.2) is 0 Å². The average Bonchev–Trinajstić information content (AvgIpc) is 3.03. The molecule has 3 aromatic rings. The van der Waals surface area contributed by atoms with E-state index in [1.54, 1.807) is 41.3 Å². The second kappa shape index (κ2) is 8.42. The van der Waals surface area contributed by atoms with Crippen molar-refractivity contribution < 1.29 is 14.1 Å². The van der Waals surface area contributed by atoms with Gasteiger partial charge in [0.25, 0.3) is 5.91 Å². The summed E-state index contributed by atoms with van der Waals surface area (Å²) < 4.78 is 5.94. The zero-order valence-corrected chi connectivity index (χ0v) is 18.4. The van der Waals surface area contributed by atoms with Crippen LogP contribution in [-0.2, 0) is 0 Å². The Morgan fingerprint density at radius 1 is 1.03 bits per heavy atom. The van der Waals surface area contributed by atoms with E-state index in [0.717, 1.165) is 25.2 Å². The predicted molar refractivity (Wildman–Crippen MR) is 119 cm³/mol. The molecule has 1 amide bonds. The van der Waals surface area contributed by atoms with Crippen LogP contribution in [-0.4, -0.2) is 37.0 Å². The number of likely N-dealkylation sites (N-methyl/N-ethyl adjacent to an activating group) is 1. The number of rotatable bonds is 6. The van der Waals surface area contributed by atoms with Crippen molar-refractivity contribution in [3.8, 4) is 0 Å². The third-order valence-electron chi connectivity index (χ3n) is 5.84. The molecule has 30 heavy (non-hydrogen) atoms. The lowest BCUT2D eigenvalue weighted by atomic mass is 9.98. The number of amides is 1. The second-order valence-electron chi connectivity index (χ2n) is 7.45. The summed E-state index contributed by atoms with van der Waals surface area (Å²) in [5.74, 6) is -0.153. The summed E-state index contributed by atoms with van der Waals surface area (Å²) in [7, 11) is 0. The smallest absolute Gasteiger partial charge is 0.291 e. The Bertz CT molecular complexity index is 1170. The molecule has 1 aliphatic rings. The van der Waals surface area contributed by atoms with Crippen molar-refractivity contribution in [1.82, 2.24) is 4.90 Å². The number of nitrogens with zero attached hydrogens (tertiary/aromatic N) is 1. The van der Waals surface area contributed by atoms with Crippen LogP contribution in [0.5, 0.6) is 0 Å². The van der Waals surface area contributed by atoms with Crippen molar-refractivity contribution in [2.24, 2.45) is 0 Å². The molecule has 0 fully saturated rings. The number of carbonyl (C=O) groups is 1. The van der Waals surface area contributed by atoms with E-state index in [9.17, 15) is 9.59 Å². The number of hydrogen-bond donors (Lipinski definition) is 1. The van der Waals surface area contributed by atoms with Crippen LogP contribution in [0.4, 0.5) is 0 Å². The van der Waals surface area contributed by atoms with Crippen LogP contribution in [0.2, 0.25) is 10.0 Å². The SMILES string of the molecule is CC[NH+](CC)CCN1C(=O)c2oc3ccccc3c(=O)c2[C@H]1c1ccc(Cl)c(Cl)c1. The van der Waals surface area contributed by atoms with Gasteiger partial charge in [-0.05, 0) is 43.7 Å². The van der Waals surface area contributed by atoms with Gasteiger partial charge in [-0.15, -0.1) is 0 Å². The number of quaternary nitrogens is 1. The van der Waals surface area contributed by atoms with Gasteiger partial charge in [-0.3, -0.25) is 9.59 Å². The van der Waals surface area contributed by atoms with Gasteiger partial charge in [0.05, 0.1) is 53.2 Å². The molecule has 0 saturated carbocycles. The largest absolute Gasteiger partial charge is 0.450 e. The fraction of sp³-hybridized carbons (Fsp3) is 0.304. The van der Waals surface area contributed by atoms with Crippen LogP contribution in [0.1, 0.15) is 41.6 Å². The molecular weight excluding hydrogens is 423 g/mol. The minimum Gasteiger partial charge on any atom is -0.450 e. The lowest BCUT2D eigenvalue weighted by Gasteiger charge is -2.27. The maximum Gasteiger partial charge on any atom is 0.291 e. The van der Waals surface area contributed by atoms with Gasteiger partial charge < -0.3 is 14.2 Å². The van der Waals surface area contributed by atoms with Gasteiger partial charge in [-0.2, -0.15) is 0 Å². The summed E-state index contributed by atoms with van der Waals surface area (Å²) >= 11 is 12.4. The van der Waals surface area contributed by atoms with Crippen molar-refractivity contribution in [3.05, 3.63) is 79.6 Å². The fourth-order valence-corrected chi connectivity index (χ4v) is 4.42. The lowest BCUT2D eigenvalue weighted by Crippen LogP contribution is -3.12. The molecule has 1 N–H and O–H groups in total. The van der Waals surface area contributed by atoms with Gasteiger partial charge >= 0.3 is 0 Å². The molecule has 0 unspecified atom stereocenters. The standard InChI is InChI=1S/C23H22Cl2N2O3/c1-3-26(4-2)11-12-27-20(14-9-10-16(24)17(25)13-14)19-21(28)15-7-5-6-8-18(15)30-22(19)23(27)29/h5-10,13,20H,3-4,11-12H2,1-2H3/p+1/t20-/m1/s1. The summed E-state index contributed by atoms with van der Waals surface area (Å²) in [4.78, 5) is 29.8. The van der Waals surface area contributed by atoms with Gasteiger partial charge in [0.1, 0.15) is 5.58 Å². The number of halogens is 2. The maximum absolute atomic E-state index is 13.4. The van der Waals surface area contributed by atoms with Crippen LogP contribution in [0.3, 0.4) is 0 Å². The summed E-state index contributed by atoms with van der Waals surface area (Å²) in [5.41, 5.74) is 1.34. The van der Waals surface area contributed by atoms with Gasteiger partial charge in [0.2, 0.25) is 5.76 Å². The zero-order valence-electron chi connectivity index (χ0n) is 16.9. The summed E-state index contributed by atoms with van der Waals surface area (Å²) in [5, 5.41) is 1.27. The minimum atomic E-state index is -0.557. The molecular formula is C23H23Cl2N2O3+. The van der Waals surface area contributed by atoms with E-state index in [2.05, 4.69) is 13.8 Å². The van der Waals surface area contributed by atoms with Crippen molar-refractivity contribution in [2.75, 3.05) is 26.2 Å². The Morgan fingerprint density at radius 2 is 1.77 bits per heavy atom. The highest BCUT2D eigenvalue weighted by atomic mass is 35.5. The Labute approximate surface area is 184 Å². The van der Waals surface area contributed by atoms with Crippen LogP contribution in [0.15, 0.2) is 51.7 Å². The van der Waals surface area contributed by atoms with E-state index in [4.69, 9.17) is 27.6 Å². The number of nitrogens with one attached hydrogen (secondary N) is 1. The molecule has 1 aliphatic heterocycles. The van der Waals surface area contributed by atoms with Crippen LogP contribution < -0.4 is 10.3 Å². The molecule has 0 radical (unpaired) electrons. The van der Waals surface area contributed by atoms with E-state index in [0.29, 0.717) is 33.1 Å². The highest BCUT2D eigenvalue weighted by molar-refractivity contribution is 6.42. The van der Waals surface area contributed by atoms with E-state index in [1.807, 2.05) is 6.07 Å². The van der Waals surface area contributed by atoms with Crippen molar-refractivity contribution >= 4 is 40.1 Å². The summed E-state index contributed by atoms with van der Waals surface area (Å²) in [6, 6.07) is 11.7. The number of fused-ring (bicyclic) bond motifs is 2. The molecule has 156 valence electrons. The highest BCUT2D eigenvalue weighted by Crippen LogP contribution is 2.39. The second-order valence-corrected chi connectivity index (χ2v) is 8.27. The molecule has 1 atom stereocenters. The Balaban J connectivity index is 1.88. The van der Waals surface area contributed by atoms with Gasteiger partial charge in [-0.1, -0.05) is 41.4 Å². The van der Waals surface area contributed by atoms with E-state index in [1.165, 1.54) is 4.90 Å². The number of para-hydroxylation sites is 1. The molecule has 0 saturated heterocycles. The first-order chi connectivity index (χ1) is 14.5. The van der Waals surface area contributed by atoms with Gasteiger partial charge in [0.15, 0.2) is 5.43 Å². The van der Waals surface area contributed by atoms with E-state index >= 15 is 0 Å². The van der Waals surface area contributed by atoms with Crippen LogP contribution >= 0.6 is 23.2 Å². The molecule has 7 heteroatoms. The molecule has 0 aliphatic carbocycles. The zero-order chi connectivity index (χ0) is 21.4. The summed E-state index contributed by atoms with van der Waals surface area (Å²) in [6.45, 7) is 7.44. The molecule has 0 bridgehead atoms. The third kappa shape index (κ3) is 3.51. The Hall–Kier alpha value is -2.34. The molecule has 5 nitrogen and oxygen atoms in total. The van der Waals surface area contributed by atoms with Crippen molar-refractivity contribution in [2.45, 2.75) is 19.9 Å². The van der Waals surface area contributed by atoms with Gasteiger partial charge in [0, 0.05) is 0 Å². The number of benzene rings is 2.